The zero-order valence-electron chi connectivity index (χ0n) is 15.4. The fraction of sp³-hybridized carbons (Fsp3) is 0.619. The van der Waals surface area contributed by atoms with Gasteiger partial charge in [-0.05, 0) is 49.7 Å². The Morgan fingerprint density at radius 3 is 2.58 bits per heavy atom. The Balaban J connectivity index is 1.69. The van der Waals surface area contributed by atoms with Crippen LogP contribution in [-0.4, -0.2) is 48.2 Å². The second kappa shape index (κ2) is 6.38. The zero-order valence-corrected chi connectivity index (χ0v) is 15.4. The average molecular weight is 357 g/mol. The smallest absolute Gasteiger partial charge is 0.311 e. The van der Waals surface area contributed by atoms with Crippen molar-refractivity contribution >= 4 is 11.9 Å². The molecule has 26 heavy (non-hydrogen) atoms. The van der Waals surface area contributed by atoms with Crippen LogP contribution in [0.2, 0.25) is 0 Å². The number of hydrogen-bond acceptors (Lipinski definition) is 3. The number of carboxylic acids is 1. The van der Waals surface area contributed by atoms with Crippen LogP contribution in [0.25, 0.3) is 0 Å². The summed E-state index contributed by atoms with van der Waals surface area (Å²) in [5.41, 5.74) is 0.889. The Morgan fingerprint density at radius 2 is 1.92 bits per heavy atom. The number of aryl methyl sites for hydroxylation is 1. The highest BCUT2D eigenvalue weighted by atomic mass is 16.5. The minimum atomic E-state index is -0.729. The van der Waals surface area contributed by atoms with Crippen LogP contribution in [-0.2, 0) is 19.7 Å². The molecular formula is C21H27NO4. The lowest BCUT2D eigenvalue weighted by molar-refractivity contribution is -0.150. The second-order valence-corrected chi connectivity index (χ2v) is 8.25. The lowest BCUT2D eigenvalue weighted by atomic mass is 9.71. The van der Waals surface area contributed by atoms with Gasteiger partial charge in [0.05, 0.1) is 10.8 Å². The molecule has 1 N–H and O–H groups in total. The SMILES string of the molecule is Cc1ccccc1C1(C(=O)N2C[C@@H]3CCC[C@@]3(C(=O)O)C2)CCOCC1. The number of nitrogens with zero attached hydrogens (tertiary/aromatic N) is 1. The van der Waals surface area contributed by atoms with Gasteiger partial charge < -0.3 is 14.7 Å². The van der Waals surface area contributed by atoms with Crippen molar-refractivity contribution in [2.45, 2.75) is 44.4 Å². The number of carboxylic acid groups (broad SMARTS) is 1. The molecule has 0 unspecified atom stereocenters. The van der Waals surface area contributed by atoms with Crippen LogP contribution in [0.15, 0.2) is 24.3 Å². The van der Waals surface area contributed by atoms with Crippen LogP contribution in [0.5, 0.6) is 0 Å². The van der Waals surface area contributed by atoms with Gasteiger partial charge in [-0.25, -0.2) is 0 Å². The van der Waals surface area contributed by atoms with Crippen molar-refractivity contribution in [2.24, 2.45) is 11.3 Å². The van der Waals surface area contributed by atoms with Crippen LogP contribution >= 0.6 is 0 Å². The topological polar surface area (TPSA) is 66.8 Å². The summed E-state index contributed by atoms with van der Waals surface area (Å²) in [5.74, 6) is -0.532. The minimum absolute atomic E-state index is 0.0951. The summed E-state index contributed by atoms with van der Waals surface area (Å²) in [4.78, 5) is 27.6. The molecule has 1 aromatic carbocycles. The number of aliphatic carboxylic acids is 1. The molecule has 3 fully saturated rings. The van der Waals surface area contributed by atoms with E-state index in [1.54, 1.807) is 0 Å². The molecule has 140 valence electrons. The number of likely N-dealkylation sites (tertiary alicyclic amines) is 1. The third-order valence-electron chi connectivity index (χ3n) is 7.00. The van der Waals surface area contributed by atoms with Gasteiger partial charge in [0.1, 0.15) is 0 Å². The number of ether oxygens (including phenoxy) is 1. The molecule has 2 saturated heterocycles. The molecule has 4 rings (SSSR count). The molecule has 3 aliphatic rings. The Labute approximate surface area is 154 Å². The molecule has 1 amide bonds. The van der Waals surface area contributed by atoms with Crippen LogP contribution < -0.4 is 0 Å². The van der Waals surface area contributed by atoms with Gasteiger partial charge in [0.15, 0.2) is 0 Å². The molecule has 1 aromatic rings. The summed E-state index contributed by atoms with van der Waals surface area (Å²) in [6.45, 7) is 4.14. The first-order valence-electron chi connectivity index (χ1n) is 9.66. The fourth-order valence-electron chi connectivity index (χ4n) is 5.52. The maximum absolute atomic E-state index is 13.7. The predicted octanol–water partition coefficient (Wildman–Crippen LogP) is 2.76. The number of benzene rings is 1. The molecule has 0 aromatic heterocycles. The summed E-state index contributed by atoms with van der Waals surface area (Å²) in [6.07, 6.45) is 3.89. The van der Waals surface area contributed by atoms with Gasteiger partial charge in [0.2, 0.25) is 5.91 Å². The molecule has 0 spiro atoms. The molecule has 5 nitrogen and oxygen atoms in total. The fourth-order valence-corrected chi connectivity index (χ4v) is 5.52. The number of carbonyl (C=O) groups excluding carboxylic acids is 1. The Kier molecular flexibility index (Phi) is 4.30. The predicted molar refractivity (Wildman–Crippen MR) is 96.9 cm³/mol. The monoisotopic (exact) mass is 357 g/mol. The van der Waals surface area contributed by atoms with Gasteiger partial charge in [-0.15, -0.1) is 0 Å². The van der Waals surface area contributed by atoms with Gasteiger partial charge >= 0.3 is 5.97 Å². The van der Waals surface area contributed by atoms with E-state index in [1.807, 2.05) is 17.0 Å². The van der Waals surface area contributed by atoms with Crippen molar-refractivity contribution in [3.05, 3.63) is 35.4 Å². The van der Waals surface area contributed by atoms with Gasteiger partial charge in [-0.1, -0.05) is 30.7 Å². The van der Waals surface area contributed by atoms with Crippen LogP contribution in [0.4, 0.5) is 0 Å². The molecule has 2 heterocycles. The Bertz CT molecular complexity index is 724. The summed E-state index contributed by atoms with van der Waals surface area (Å²) >= 11 is 0. The quantitative estimate of drug-likeness (QED) is 0.903. The van der Waals surface area contributed by atoms with Crippen LogP contribution in [0, 0.1) is 18.3 Å². The average Bonchev–Trinajstić information content (AvgIpc) is 3.20. The van der Waals surface area contributed by atoms with E-state index in [0.29, 0.717) is 45.6 Å². The van der Waals surface area contributed by atoms with Crippen molar-refractivity contribution in [3.63, 3.8) is 0 Å². The summed E-state index contributed by atoms with van der Waals surface area (Å²) in [6, 6.07) is 8.10. The molecule has 2 aliphatic heterocycles. The van der Waals surface area contributed by atoms with Crippen LogP contribution in [0.1, 0.15) is 43.2 Å². The Morgan fingerprint density at radius 1 is 1.19 bits per heavy atom. The largest absolute Gasteiger partial charge is 0.481 e. The van der Waals surface area contributed by atoms with Crippen molar-refractivity contribution in [3.8, 4) is 0 Å². The lowest BCUT2D eigenvalue weighted by Gasteiger charge is -2.40. The Hall–Kier alpha value is -1.88. The van der Waals surface area contributed by atoms with E-state index in [2.05, 4.69) is 19.1 Å². The first kappa shape index (κ1) is 17.5. The third-order valence-corrected chi connectivity index (χ3v) is 7.00. The lowest BCUT2D eigenvalue weighted by Crippen LogP contribution is -2.50. The highest BCUT2D eigenvalue weighted by Crippen LogP contribution is 2.50. The van der Waals surface area contributed by atoms with Crippen molar-refractivity contribution in [1.82, 2.24) is 4.90 Å². The van der Waals surface area contributed by atoms with Gasteiger partial charge in [-0.3, -0.25) is 9.59 Å². The van der Waals surface area contributed by atoms with Crippen molar-refractivity contribution in [2.75, 3.05) is 26.3 Å². The minimum Gasteiger partial charge on any atom is -0.481 e. The van der Waals surface area contributed by atoms with E-state index >= 15 is 0 Å². The van der Waals surface area contributed by atoms with Crippen LogP contribution in [0.3, 0.4) is 0 Å². The van der Waals surface area contributed by atoms with E-state index < -0.39 is 16.8 Å². The first-order valence-corrected chi connectivity index (χ1v) is 9.66. The number of rotatable bonds is 3. The number of amides is 1. The maximum atomic E-state index is 13.7. The van der Waals surface area contributed by atoms with E-state index in [0.717, 1.165) is 24.0 Å². The van der Waals surface area contributed by atoms with Gasteiger partial charge in [0, 0.05) is 26.3 Å². The van der Waals surface area contributed by atoms with E-state index in [4.69, 9.17) is 4.74 Å². The number of hydrogen-bond donors (Lipinski definition) is 1. The summed E-state index contributed by atoms with van der Waals surface area (Å²) in [7, 11) is 0. The van der Waals surface area contributed by atoms with Gasteiger partial charge in [0.25, 0.3) is 0 Å². The van der Waals surface area contributed by atoms with E-state index in [9.17, 15) is 14.7 Å². The molecular weight excluding hydrogens is 330 g/mol. The normalized spacial score (nSPS) is 30.2. The molecule has 0 bridgehead atoms. The number of carbonyl (C=O) groups is 2. The van der Waals surface area contributed by atoms with Gasteiger partial charge in [-0.2, -0.15) is 0 Å². The van der Waals surface area contributed by atoms with E-state index in [-0.39, 0.29) is 11.8 Å². The second-order valence-electron chi connectivity index (χ2n) is 8.25. The highest BCUT2D eigenvalue weighted by Gasteiger charge is 2.58. The third kappa shape index (κ3) is 2.48. The molecule has 5 heteroatoms. The summed E-state index contributed by atoms with van der Waals surface area (Å²) in [5, 5.41) is 9.85. The van der Waals surface area contributed by atoms with Crippen molar-refractivity contribution < 1.29 is 19.4 Å². The molecule has 1 saturated carbocycles. The van der Waals surface area contributed by atoms with Crippen molar-refractivity contribution in [1.29, 1.82) is 0 Å². The maximum Gasteiger partial charge on any atom is 0.311 e. The summed E-state index contributed by atoms with van der Waals surface area (Å²) < 4.78 is 5.57. The standard InChI is InChI=1S/C21H27NO4/c1-15-5-2-3-7-17(15)20(9-11-26-12-10-20)18(23)22-13-16-6-4-8-21(16,14-22)19(24)25/h2-3,5,7,16H,4,6,8-14H2,1H3,(H,24,25)/t16-,21+/m0/s1. The molecule has 1 aliphatic carbocycles. The highest BCUT2D eigenvalue weighted by molar-refractivity contribution is 5.90. The first-order chi connectivity index (χ1) is 12.5. The molecule has 2 atom stereocenters. The van der Waals surface area contributed by atoms with E-state index in [1.165, 1.54) is 0 Å². The number of fused-ring (bicyclic) bond motifs is 1. The molecule has 0 radical (unpaired) electrons. The zero-order chi connectivity index (χ0) is 18.4.